The quantitative estimate of drug-likeness (QED) is 0.780. The summed E-state index contributed by atoms with van der Waals surface area (Å²) in [4.78, 5) is 25.6. The first kappa shape index (κ1) is 19.6. The van der Waals surface area contributed by atoms with Crippen LogP contribution in [-0.4, -0.2) is 59.2 Å². The molecule has 0 aromatic carbocycles. The molecule has 0 radical (unpaired) electrons. The highest BCUT2D eigenvalue weighted by Gasteiger charge is 2.25. The molecule has 0 N–H and O–H groups in total. The lowest BCUT2D eigenvalue weighted by Crippen LogP contribution is -2.39. The summed E-state index contributed by atoms with van der Waals surface area (Å²) in [6.45, 7) is 11.9. The van der Waals surface area contributed by atoms with Gasteiger partial charge in [-0.25, -0.2) is 9.97 Å². The molecular formula is C19H32N4O2. The molecule has 1 saturated heterocycles. The molecule has 1 aliphatic heterocycles. The standard InChI is InChI=1S/C19H32N4O2/c1-14-12-15(2)21-18(20-14)23-10-7-8-16(9-11-23)22(6)13-17(24)25-19(3,4)5/h12,16H,7-11,13H2,1-6H3/t16-/m0/s1. The van der Waals surface area contributed by atoms with Crippen molar-refractivity contribution in [1.29, 1.82) is 0 Å². The number of hydrogen-bond donors (Lipinski definition) is 0. The number of likely N-dealkylation sites (N-methyl/N-ethyl adjacent to an activating group) is 1. The van der Waals surface area contributed by atoms with Gasteiger partial charge in [-0.1, -0.05) is 0 Å². The molecule has 1 aliphatic rings. The van der Waals surface area contributed by atoms with E-state index < -0.39 is 5.60 Å². The van der Waals surface area contributed by atoms with Gasteiger partial charge in [0.2, 0.25) is 5.95 Å². The molecule has 25 heavy (non-hydrogen) atoms. The van der Waals surface area contributed by atoms with Crippen molar-refractivity contribution < 1.29 is 9.53 Å². The Morgan fingerprint density at radius 1 is 1.24 bits per heavy atom. The summed E-state index contributed by atoms with van der Waals surface area (Å²) in [5.74, 6) is 0.668. The molecule has 0 aliphatic carbocycles. The van der Waals surface area contributed by atoms with E-state index in [0.717, 1.165) is 49.7 Å². The molecule has 0 saturated carbocycles. The summed E-state index contributed by atoms with van der Waals surface area (Å²) in [7, 11) is 2.01. The van der Waals surface area contributed by atoms with Gasteiger partial charge in [0.25, 0.3) is 0 Å². The molecule has 2 rings (SSSR count). The van der Waals surface area contributed by atoms with Gasteiger partial charge in [-0.3, -0.25) is 9.69 Å². The monoisotopic (exact) mass is 348 g/mol. The number of carbonyl (C=O) groups is 1. The fraction of sp³-hybridized carbons (Fsp3) is 0.737. The van der Waals surface area contributed by atoms with Crippen molar-refractivity contribution in [3.05, 3.63) is 17.5 Å². The molecule has 2 heterocycles. The predicted octanol–water partition coefficient (Wildman–Crippen LogP) is 2.73. The van der Waals surface area contributed by atoms with Crippen LogP contribution in [-0.2, 0) is 9.53 Å². The Bertz CT molecular complexity index is 577. The molecule has 1 aromatic rings. The minimum atomic E-state index is -0.432. The van der Waals surface area contributed by atoms with Gasteiger partial charge in [-0.2, -0.15) is 0 Å². The highest BCUT2D eigenvalue weighted by molar-refractivity contribution is 5.72. The molecule has 1 atom stereocenters. The number of esters is 1. The number of carbonyl (C=O) groups excluding carboxylic acids is 1. The van der Waals surface area contributed by atoms with Gasteiger partial charge in [0.1, 0.15) is 5.60 Å². The van der Waals surface area contributed by atoms with E-state index >= 15 is 0 Å². The van der Waals surface area contributed by atoms with Gasteiger partial charge in [0.05, 0.1) is 6.54 Å². The number of hydrogen-bond acceptors (Lipinski definition) is 6. The summed E-state index contributed by atoms with van der Waals surface area (Å²) in [5, 5.41) is 0. The van der Waals surface area contributed by atoms with Crippen molar-refractivity contribution >= 4 is 11.9 Å². The third kappa shape index (κ3) is 6.27. The number of anilines is 1. The number of rotatable bonds is 4. The maximum absolute atomic E-state index is 12.1. The Hall–Kier alpha value is -1.69. The summed E-state index contributed by atoms with van der Waals surface area (Å²) in [6.07, 6.45) is 3.13. The molecule has 0 spiro atoms. The molecule has 0 amide bonds. The maximum atomic E-state index is 12.1. The van der Waals surface area contributed by atoms with Crippen LogP contribution < -0.4 is 4.90 Å². The van der Waals surface area contributed by atoms with Crippen molar-refractivity contribution in [2.75, 3.05) is 31.6 Å². The Balaban J connectivity index is 1.93. The summed E-state index contributed by atoms with van der Waals surface area (Å²) < 4.78 is 5.44. The van der Waals surface area contributed by atoms with E-state index in [1.54, 1.807) is 0 Å². The van der Waals surface area contributed by atoms with Gasteiger partial charge >= 0.3 is 5.97 Å². The SMILES string of the molecule is Cc1cc(C)nc(N2CCC[C@H](N(C)CC(=O)OC(C)(C)C)CC2)n1. The van der Waals surface area contributed by atoms with Crippen molar-refractivity contribution in [2.45, 2.75) is 65.5 Å². The van der Waals surface area contributed by atoms with E-state index in [1.807, 2.05) is 47.7 Å². The van der Waals surface area contributed by atoms with Crippen molar-refractivity contribution in [3.8, 4) is 0 Å². The van der Waals surface area contributed by atoms with E-state index in [4.69, 9.17) is 4.74 Å². The second kappa shape index (κ2) is 8.13. The first-order chi connectivity index (χ1) is 11.6. The average molecular weight is 348 g/mol. The van der Waals surface area contributed by atoms with Crippen molar-refractivity contribution in [3.63, 3.8) is 0 Å². The normalized spacial score (nSPS) is 19.0. The lowest BCUT2D eigenvalue weighted by atomic mass is 10.1. The topological polar surface area (TPSA) is 58.6 Å². The Labute approximate surface area is 151 Å². The van der Waals surface area contributed by atoms with Crippen LogP contribution in [0.15, 0.2) is 6.07 Å². The van der Waals surface area contributed by atoms with E-state index in [1.165, 1.54) is 0 Å². The summed E-state index contributed by atoms with van der Waals surface area (Å²) >= 11 is 0. The van der Waals surface area contributed by atoms with Crippen LogP contribution in [0.5, 0.6) is 0 Å². The predicted molar refractivity (Wildman–Crippen MR) is 99.8 cm³/mol. The van der Waals surface area contributed by atoms with E-state index in [0.29, 0.717) is 12.6 Å². The number of aromatic nitrogens is 2. The van der Waals surface area contributed by atoms with Crippen LogP contribution in [0.4, 0.5) is 5.95 Å². The van der Waals surface area contributed by atoms with E-state index in [-0.39, 0.29) is 5.97 Å². The van der Waals surface area contributed by atoms with Crippen LogP contribution in [0.3, 0.4) is 0 Å². The molecule has 0 unspecified atom stereocenters. The Kier molecular flexibility index (Phi) is 6.38. The van der Waals surface area contributed by atoms with Gasteiger partial charge in [0.15, 0.2) is 0 Å². The Morgan fingerprint density at radius 3 is 2.48 bits per heavy atom. The lowest BCUT2D eigenvalue weighted by Gasteiger charge is -2.28. The fourth-order valence-corrected chi connectivity index (χ4v) is 3.27. The third-order valence-electron chi connectivity index (χ3n) is 4.37. The highest BCUT2D eigenvalue weighted by atomic mass is 16.6. The van der Waals surface area contributed by atoms with Crippen LogP contribution in [0.1, 0.15) is 51.4 Å². The molecule has 1 aromatic heterocycles. The second-order valence-electron chi connectivity index (χ2n) is 8.02. The molecule has 6 heteroatoms. The lowest BCUT2D eigenvalue weighted by molar-refractivity contribution is -0.156. The number of ether oxygens (including phenoxy) is 1. The largest absolute Gasteiger partial charge is 0.459 e. The molecular weight excluding hydrogens is 316 g/mol. The highest BCUT2D eigenvalue weighted by Crippen LogP contribution is 2.20. The van der Waals surface area contributed by atoms with Crippen molar-refractivity contribution in [1.82, 2.24) is 14.9 Å². The Morgan fingerprint density at radius 2 is 1.88 bits per heavy atom. The van der Waals surface area contributed by atoms with Gasteiger partial charge in [-0.05, 0) is 67.0 Å². The zero-order valence-electron chi connectivity index (χ0n) is 16.5. The minimum absolute atomic E-state index is 0.159. The summed E-state index contributed by atoms with van der Waals surface area (Å²) in [6, 6.07) is 2.38. The first-order valence-electron chi connectivity index (χ1n) is 9.13. The maximum Gasteiger partial charge on any atom is 0.320 e. The van der Waals surface area contributed by atoms with Crippen molar-refractivity contribution in [2.24, 2.45) is 0 Å². The minimum Gasteiger partial charge on any atom is -0.459 e. The van der Waals surface area contributed by atoms with E-state index in [2.05, 4.69) is 19.8 Å². The number of nitrogens with zero attached hydrogens (tertiary/aromatic N) is 4. The smallest absolute Gasteiger partial charge is 0.320 e. The zero-order chi connectivity index (χ0) is 18.6. The van der Waals surface area contributed by atoms with Crippen LogP contribution in [0.2, 0.25) is 0 Å². The van der Waals surface area contributed by atoms with Crippen LogP contribution in [0, 0.1) is 13.8 Å². The van der Waals surface area contributed by atoms with Gasteiger partial charge < -0.3 is 9.64 Å². The molecule has 1 fully saturated rings. The van der Waals surface area contributed by atoms with Crippen LogP contribution in [0.25, 0.3) is 0 Å². The second-order valence-corrected chi connectivity index (χ2v) is 8.02. The molecule has 140 valence electrons. The average Bonchev–Trinajstić information content (AvgIpc) is 2.69. The molecule has 6 nitrogen and oxygen atoms in total. The first-order valence-corrected chi connectivity index (χ1v) is 9.13. The fourth-order valence-electron chi connectivity index (χ4n) is 3.27. The zero-order valence-corrected chi connectivity index (χ0v) is 16.5. The molecule has 0 bridgehead atoms. The summed E-state index contributed by atoms with van der Waals surface area (Å²) in [5.41, 5.74) is 1.58. The van der Waals surface area contributed by atoms with Crippen LogP contribution >= 0.6 is 0 Å². The third-order valence-corrected chi connectivity index (χ3v) is 4.37. The van der Waals surface area contributed by atoms with Gasteiger partial charge in [-0.15, -0.1) is 0 Å². The van der Waals surface area contributed by atoms with E-state index in [9.17, 15) is 4.79 Å². The number of aryl methyl sites for hydroxylation is 2. The van der Waals surface area contributed by atoms with Gasteiger partial charge in [0, 0.05) is 30.5 Å².